The number of rotatable bonds is 9. The summed E-state index contributed by atoms with van der Waals surface area (Å²) < 4.78 is 5.23. The summed E-state index contributed by atoms with van der Waals surface area (Å²) in [6.45, 7) is 4.16. The van der Waals surface area contributed by atoms with E-state index in [-0.39, 0.29) is 12.4 Å². The van der Waals surface area contributed by atoms with E-state index < -0.39 is 0 Å². The zero-order valence-electron chi connectivity index (χ0n) is 14.8. The van der Waals surface area contributed by atoms with Crippen LogP contribution in [0.1, 0.15) is 55.7 Å². The van der Waals surface area contributed by atoms with E-state index in [4.69, 9.17) is 9.72 Å². The molecule has 1 aromatic heterocycles. The monoisotopic (exact) mass is 349 g/mol. The number of nitrogens with zero attached hydrogens (tertiary/aromatic N) is 1. The number of hydrogen-bond donors (Lipinski definition) is 2. The van der Waals surface area contributed by atoms with Crippen molar-refractivity contribution in [1.29, 1.82) is 0 Å². The van der Waals surface area contributed by atoms with Crippen molar-refractivity contribution in [3.63, 3.8) is 0 Å². The number of aliphatic hydroxyl groups is 1. The van der Waals surface area contributed by atoms with Crippen molar-refractivity contribution < 1.29 is 14.9 Å². The van der Waals surface area contributed by atoms with Gasteiger partial charge in [-0.15, -0.1) is 11.3 Å². The summed E-state index contributed by atoms with van der Waals surface area (Å²) in [7, 11) is 1.52. The van der Waals surface area contributed by atoms with E-state index in [0.717, 1.165) is 36.3 Å². The van der Waals surface area contributed by atoms with Crippen LogP contribution in [0.2, 0.25) is 0 Å². The first-order valence-electron chi connectivity index (χ1n) is 8.64. The van der Waals surface area contributed by atoms with E-state index in [1.807, 2.05) is 0 Å². The lowest BCUT2D eigenvalue weighted by Crippen LogP contribution is -1.93. The maximum absolute atomic E-state index is 10.1. The van der Waals surface area contributed by atoms with Crippen molar-refractivity contribution in [2.24, 2.45) is 0 Å². The number of thiazole rings is 1. The number of hydrogen-bond acceptors (Lipinski definition) is 5. The number of aliphatic hydroxyl groups excluding tert-OH is 1. The number of phenols is 1. The molecular formula is C19H27NO3S. The summed E-state index contributed by atoms with van der Waals surface area (Å²) >= 11 is 1.72. The predicted molar refractivity (Wildman–Crippen MR) is 98.9 cm³/mol. The molecule has 0 aliphatic rings. The second-order valence-corrected chi connectivity index (χ2v) is 7.02. The number of aromatic hydroxyl groups is 1. The first-order valence-corrected chi connectivity index (χ1v) is 9.45. The fourth-order valence-corrected chi connectivity index (χ4v) is 3.78. The molecule has 2 aromatic rings. The van der Waals surface area contributed by atoms with Gasteiger partial charge in [0, 0.05) is 16.0 Å². The van der Waals surface area contributed by atoms with Gasteiger partial charge >= 0.3 is 0 Å². The van der Waals surface area contributed by atoms with E-state index in [1.165, 1.54) is 30.5 Å². The number of unbranched alkanes of at least 4 members (excludes halogenated alkanes) is 2. The van der Waals surface area contributed by atoms with Crippen molar-refractivity contribution in [2.45, 2.75) is 59.0 Å². The van der Waals surface area contributed by atoms with Crippen LogP contribution in [-0.2, 0) is 19.4 Å². The molecule has 0 aliphatic heterocycles. The Morgan fingerprint density at radius 1 is 1.12 bits per heavy atom. The van der Waals surface area contributed by atoms with Crippen LogP contribution in [0.5, 0.6) is 11.5 Å². The van der Waals surface area contributed by atoms with Gasteiger partial charge in [-0.2, -0.15) is 0 Å². The van der Waals surface area contributed by atoms with Crippen LogP contribution < -0.4 is 4.74 Å². The first kappa shape index (κ1) is 18.7. The highest BCUT2D eigenvalue weighted by Gasteiger charge is 2.16. The lowest BCUT2D eigenvalue weighted by atomic mass is 10.1. The maximum atomic E-state index is 10.1. The van der Waals surface area contributed by atoms with E-state index in [1.54, 1.807) is 23.5 Å². The molecule has 0 saturated heterocycles. The average Bonchev–Trinajstić information content (AvgIpc) is 3.01. The third-order valence-corrected chi connectivity index (χ3v) is 5.30. The number of methoxy groups -OCH3 is 1. The number of ether oxygens (including phenoxy) is 1. The highest BCUT2D eigenvalue weighted by Crippen LogP contribution is 2.38. The molecule has 0 unspecified atom stereocenters. The topological polar surface area (TPSA) is 62.6 Å². The molecule has 1 heterocycles. The minimum Gasteiger partial charge on any atom is -0.504 e. The van der Waals surface area contributed by atoms with Gasteiger partial charge in [0.05, 0.1) is 19.4 Å². The summed E-state index contributed by atoms with van der Waals surface area (Å²) in [6, 6.07) is 3.59. The second-order valence-electron chi connectivity index (χ2n) is 5.94. The fourth-order valence-electron chi connectivity index (χ4n) is 2.64. The van der Waals surface area contributed by atoms with Crippen LogP contribution in [0.4, 0.5) is 0 Å². The smallest absolute Gasteiger partial charge is 0.163 e. The van der Waals surface area contributed by atoms with E-state index >= 15 is 0 Å². The molecule has 0 bridgehead atoms. The summed E-state index contributed by atoms with van der Waals surface area (Å²) in [5, 5.41) is 20.5. The SMILES string of the molecule is CCCCc1nc(-c2cc(CO)c(O)c(OC)c2)sc1CCCC. The van der Waals surface area contributed by atoms with Crippen LogP contribution in [0.25, 0.3) is 10.6 Å². The Balaban J connectivity index is 2.42. The zero-order chi connectivity index (χ0) is 17.5. The molecule has 2 N–H and O–H groups in total. The number of aryl methyl sites for hydroxylation is 2. The van der Waals surface area contributed by atoms with Crippen LogP contribution >= 0.6 is 11.3 Å². The van der Waals surface area contributed by atoms with Gasteiger partial charge in [-0.05, 0) is 37.8 Å². The Kier molecular flexibility index (Phi) is 7.06. The molecular weight excluding hydrogens is 322 g/mol. The molecule has 0 fully saturated rings. The van der Waals surface area contributed by atoms with Gasteiger partial charge in [-0.1, -0.05) is 26.7 Å². The zero-order valence-corrected chi connectivity index (χ0v) is 15.6. The summed E-state index contributed by atoms with van der Waals surface area (Å²) in [5.41, 5.74) is 2.55. The Labute approximate surface area is 148 Å². The van der Waals surface area contributed by atoms with Crippen LogP contribution in [0.3, 0.4) is 0 Å². The molecule has 0 amide bonds. The molecule has 0 radical (unpaired) electrons. The quantitative estimate of drug-likeness (QED) is 0.689. The minimum absolute atomic E-state index is 0.00211. The molecule has 0 aliphatic carbocycles. The largest absolute Gasteiger partial charge is 0.504 e. The van der Waals surface area contributed by atoms with Gasteiger partial charge in [0.25, 0.3) is 0 Å². The average molecular weight is 349 g/mol. The molecule has 1 aromatic carbocycles. The fraction of sp³-hybridized carbons (Fsp3) is 0.526. The van der Waals surface area contributed by atoms with Crippen LogP contribution in [0.15, 0.2) is 12.1 Å². The van der Waals surface area contributed by atoms with Crippen molar-refractivity contribution in [1.82, 2.24) is 4.98 Å². The standard InChI is InChI=1S/C19H27NO3S/c1-4-6-8-15-17(9-7-5-2)24-19(20-15)13-10-14(12-21)18(22)16(11-13)23-3/h10-11,21-22H,4-9,12H2,1-3H3. The van der Waals surface area contributed by atoms with Gasteiger partial charge in [0.1, 0.15) is 5.01 Å². The first-order chi connectivity index (χ1) is 11.6. The van der Waals surface area contributed by atoms with Gasteiger partial charge in [-0.3, -0.25) is 0 Å². The normalized spacial score (nSPS) is 11.0. The van der Waals surface area contributed by atoms with Crippen LogP contribution in [-0.4, -0.2) is 22.3 Å². The van der Waals surface area contributed by atoms with Crippen molar-refractivity contribution in [2.75, 3.05) is 7.11 Å². The summed E-state index contributed by atoms with van der Waals surface area (Å²) in [5.74, 6) is 0.370. The van der Waals surface area contributed by atoms with Crippen molar-refractivity contribution in [3.8, 4) is 22.1 Å². The van der Waals surface area contributed by atoms with Crippen molar-refractivity contribution >= 4 is 11.3 Å². The Hall–Kier alpha value is -1.59. The van der Waals surface area contributed by atoms with E-state index in [2.05, 4.69) is 13.8 Å². The predicted octanol–water partition coefficient (Wildman–Crippen LogP) is 4.70. The van der Waals surface area contributed by atoms with E-state index in [0.29, 0.717) is 11.3 Å². The maximum Gasteiger partial charge on any atom is 0.163 e. The molecule has 2 rings (SSSR count). The van der Waals surface area contributed by atoms with Gasteiger partial charge in [0.15, 0.2) is 11.5 Å². The molecule has 0 atom stereocenters. The molecule has 132 valence electrons. The summed E-state index contributed by atoms with van der Waals surface area (Å²) in [6.07, 6.45) is 6.71. The second kappa shape index (κ2) is 9.04. The lowest BCUT2D eigenvalue weighted by molar-refractivity contribution is 0.272. The third kappa shape index (κ3) is 4.28. The Morgan fingerprint density at radius 2 is 1.83 bits per heavy atom. The highest BCUT2D eigenvalue weighted by molar-refractivity contribution is 7.15. The lowest BCUT2D eigenvalue weighted by Gasteiger charge is -2.09. The number of benzene rings is 1. The molecule has 0 saturated carbocycles. The number of aromatic nitrogens is 1. The van der Waals surface area contributed by atoms with E-state index in [9.17, 15) is 10.2 Å². The van der Waals surface area contributed by atoms with Gasteiger partial charge in [0.2, 0.25) is 0 Å². The minimum atomic E-state index is -0.229. The molecule has 5 heteroatoms. The van der Waals surface area contributed by atoms with Crippen molar-refractivity contribution in [3.05, 3.63) is 28.3 Å². The summed E-state index contributed by atoms with van der Waals surface area (Å²) in [4.78, 5) is 6.21. The van der Waals surface area contributed by atoms with Gasteiger partial charge < -0.3 is 14.9 Å². The third-order valence-electron chi connectivity index (χ3n) is 4.09. The highest BCUT2D eigenvalue weighted by atomic mass is 32.1. The Bertz CT molecular complexity index is 616. The Morgan fingerprint density at radius 3 is 2.46 bits per heavy atom. The van der Waals surface area contributed by atoms with Gasteiger partial charge in [-0.25, -0.2) is 4.98 Å². The molecule has 4 nitrogen and oxygen atoms in total. The van der Waals surface area contributed by atoms with Crippen LogP contribution in [0, 0.1) is 0 Å². The molecule has 24 heavy (non-hydrogen) atoms. The molecule has 0 spiro atoms.